The van der Waals surface area contributed by atoms with Gasteiger partial charge in [0.1, 0.15) is 11.5 Å². The van der Waals surface area contributed by atoms with Gasteiger partial charge < -0.3 is 14.9 Å². The zero-order valence-electron chi connectivity index (χ0n) is 13.1. The molecule has 1 aliphatic rings. The third-order valence-electron chi connectivity index (χ3n) is 4.24. The van der Waals surface area contributed by atoms with Crippen molar-refractivity contribution in [2.45, 2.75) is 5.92 Å². The van der Waals surface area contributed by atoms with Crippen LogP contribution < -0.4 is 16.1 Å². The van der Waals surface area contributed by atoms with Crippen LogP contribution in [-0.4, -0.2) is 4.92 Å². The number of ether oxygens (including phenoxy) is 1. The van der Waals surface area contributed by atoms with Gasteiger partial charge in [0.05, 0.1) is 15.9 Å². The Labute approximate surface area is 151 Å². The molecule has 1 atom stereocenters. The van der Waals surface area contributed by atoms with Crippen molar-refractivity contribution >= 4 is 22.6 Å². The molecule has 7 nitrogen and oxygen atoms in total. The van der Waals surface area contributed by atoms with Crippen LogP contribution in [0, 0.1) is 10.1 Å². The van der Waals surface area contributed by atoms with Crippen LogP contribution in [0.5, 0.6) is 5.75 Å². The van der Waals surface area contributed by atoms with Gasteiger partial charge in [-0.3, -0.25) is 10.1 Å². The summed E-state index contributed by atoms with van der Waals surface area (Å²) in [6.07, 6.45) is 0. The van der Waals surface area contributed by atoms with Gasteiger partial charge in [0.25, 0.3) is 5.88 Å². The van der Waals surface area contributed by atoms with Crippen LogP contribution in [0.2, 0.25) is 5.02 Å². The SMILES string of the molecule is NC1=C([N+](=O)[O-])C(c2ccccc2Cl)c2c(c3ccccc3oc2=O)O1. The van der Waals surface area contributed by atoms with E-state index in [0.29, 0.717) is 16.5 Å². The molecule has 0 fully saturated rings. The predicted molar refractivity (Wildman–Crippen MR) is 94.6 cm³/mol. The molecule has 0 spiro atoms. The van der Waals surface area contributed by atoms with Gasteiger partial charge in [-0.25, -0.2) is 4.79 Å². The lowest BCUT2D eigenvalue weighted by Crippen LogP contribution is -2.30. The van der Waals surface area contributed by atoms with E-state index in [4.69, 9.17) is 26.5 Å². The van der Waals surface area contributed by atoms with E-state index < -0.39 is 22.2 Å². The highest BCUT2D eigenvalue weighted by Gasteiger charge is 2.43. The smallest absolute Gasteiger partial charge is 0.344 e. The summed E-state index contributed by atoms with van der Waals surface area (Å²) in [7, 11) is 0. The summed E-state index contributed by atoms with van der Waals surface area (Å²) >= 11 is 6.25. The molecule has 0 saturated carbocycles. The quantitative estimate of drug-likeness (QED) is 0.421. The average Bonchev–Trinajstić information content (AvgIpc) is 2.61. The van der Waals surface area contributed by atoms with Crippen molar-refractivity contribution in [1.82, 2.24) is 0 Å². The molecular weight excluding hydrogens is 360 g/mol. The standard InChI is InChI=1S/C18H11ClN2O5/c19-11-7-3-1-5-9(11)13-14-16(26-17(20)15(13)21(23)24)10-6-2-4-8-12(10)25-18(14)22/h1-8,13H,20H2. The summed E-state index contributed by atoms with van der Waals surface area (Å²) in [6, 6.07) is 13.3. The Hall–Kier alpha value is -3.32. The summed E-state index contributed by atoms with van der Waals surface area (Å²) in [5.41, 5.74) is 5.33. The minimum Gasteiger partial charge on any atom is -0.434 e. The summed E-state index contributed by atoms with van der Waals surface area (Å²) < 4.78 is 10.9. The van der Waals surface area contributed by atoms with E-state index in [2.05, 4.69) is 0 Å². The minimum atomic E-state index is -1.11. The van der Waals surface area contributed by atoms with Gasteiger partial charge >= 0.3 is 11.3 Å². The number of benzene rings is 2. The fourth-order valence-electron chi connectivity index (χ4n) is 3.14. The summed E-state index contributed by atoms with van der Waals surface area (Å²) in [6.45, 7) is 0. The number of para-hydroxylation sites is 1. The van der Waals surface area contributed by atoms with Gasteiger partial charge in [0.2, 0.25) is 0 Å². The molecule has 2 N–H and O–H groups in total. The van der Waals surface area contributed by atoms with Crippen LogP contribution >= 0.6 is 11.6 Å². The van der Waals surface area contributed by atoms with Crippen molar-refractivity contribution in [3.05, 3.63) is 96.8 Å². The predicted octanol–water partition coefficient (Wildman–Crippen LogP) is 3.38. The normalized spacial score (nSPS) is 16.3. The minimum absolute atomic E-state index is 0.00213. The molecule has 130 valence electrons. The van der Waals surface area contributed by atoms with Gasteiger partial charge in [0.15, 0.2) is 5.75 Å². The molecule has 1 unspecified atom stereocenters. The molecule has 0 saturated heterocycles. The highest BCUT2D eigenvalue weighted by molar-refractivity contribution is 6.31. The Bertz CT molecular complexity index is 1150. The molecule has 26 heavy (non-hydrogen) atoms. The van der Waals surface area contributed by atoms with E-state index in [9.17, 15) is 14.9 Å². The number of hydrogen-bond acceptors (Lipinski definition) is 6. The third kappa shape index (κ3) is 2.33. The zero-order valence-corrected chi connectivity index (χ0v) is 13.9. The lowest BCUT2D eigenvalue weighted by atomic mass is 9.87. The van der Waals surface area contributed by atoms with E-state index in [1.54, 1.807) is 48.5 Å². The lowest BCUT2D eigenvalue weighted by Gasteiger charge is -2.24. The van der Waals surface area contributed by atoms with E-state index in [1.165, 1.54) is 0 Å². The summed E-state index contributed by atoms with van der Waals surface area (Å²) in [5.74, 6) is -1.35. The Kier molecular flexibility index (Phi) is 3.66. The van der Waals surface area contributed by atoms with E-state index in [0.717, 1.165) is 0 Å². The maximum atomic E-state index is 12.7. The number of nitrogens with zero attached hydrogens (tertiary/aromatic N) is 1. The fraction of sp³-hybridized carbons (Fsp3) is 0.0556. The van der Waals surface area contributed by atoms with Crippen LogP contribution in [0.15, 0.2) is 69.3 Å². The van der Waals surface area contributed by atoms with Gasteiger partial charge in [-0.2, -0.15) is 0 Å². The van der Waals surface area contributed by atoms with E-state index in [1.807, 2.05) is 0 Å². The van der Waals surface area contributed by atoms with E-state index >= 15 is 0 Å². The first-order valence-electron chi connectivity index (χ1n) is 7.61. The van der Waals surface area contributed by atoms with E-state index in [-0.39, 0.29) is 22.2 Å². The van der Waals surface area contributed by atoms with Crippen molar-refractivity contribution in [2.75, 3.05) is 0 Å². The number of halogens is 1. The fourth-order valence-corrected chi connectivity index (χ4v) is 3.39. The molecule has 1 aliphatic heterocycles. The highest BCUT2D eigenvalue weighted by atomic mass is 35.5. The van der Waals surface area contributed by atoms with Crippen molar-refractivity contribution in [1.29, 1.82) is 0 Å². The summed E-state index contributed by atoms with van der Waals surface area (Å²) in [5, 5.41) is 12.4. The van der Waals surface area contributed by atoms with Crippen LogP contribution in [-0.2, 0) is 0 Å². The second kappa shape index (κ2) is 5.89. The van der Waals surface area contributed by atoms with Gasteiger partial charge in [-0.1, -0.05) is 41.9 Å². The highest BCUT2D eigenvalue weighted by Crippen LogP contribution is 2.45. The third-order valence-corrected chi connectivity index (χ3v) is 4.58. The molecule has 8 heteroatoms. The molecule has 2 aromatic carbocycles. The lowest BCUT2D eigenvalue weighted by molar-refractivity contribution is -0.432. The van der Waals surface area contributed by atoms with Gasteiger partial charge in [-0.15, -0.1) is 0 Å². The van der Waals surface area contributed by atoms with Crippen LogP contribution in [0.1, 0.15) is 17.0 Å². The molecule has 1 aromatic heterocycles. The maximum Gasteiger partial charge on any atom is 0.344 e. The first-order valence-corrected chi connectivity index (χ1v) is 7.99. The number of nitrogens with two attached hydrogens (primary N) is 1. The number of fused-ring (bicyclic) bond motifs is 3. The summed E-state index contributed by atoms with van der Waals surface area (Å²) in [4.78, 5) is 23.7. The number of allylic oxidation sites excluding steroid dienone is 1. The van der Waals surface area contributed by atoms with Crippen molar-refractivity contribution in [2.24, 2.45) is 5.73 Å². The molecule has 0 aliphatic carbocycles. The Morgan fingerprint density at radius 1 is 1.12 bits per heavy atom. The second-order valence-electron chi connectivity index (χ2n) is 5.69. The molecule has 4 rings (SSSR count). The number of hydrogen-bond donors (Lipinski definition) is 1. The molecule has 0 radical (unpaired) electrons. The van der Waals surface area contributed by atoms with Crippen molar-refractivity contribution in [3.8, 4) is 5.75 Å². The van der Waals surface area contributed by atoms with Crippen molar-refractivity contribution in [3.63, 3.8) is 0 Å². The van der Waals surface area contributed by atoms with Crippen LogP contribution in [0.3, 0.4) is 0 Å². The number of nitro groups is 1. The first-order chi connectivity index (χ1) is 12.5. The van der Waals surface area contributed by atoms with Gasteiger partial charge in [0, 0.05) is 5.02 Å². The zero-order chi connectivity index (χ0) is 18.4. The number of rotatable bonds is 2. The molecule has 0 amide bonds. The Balaban J connectivity index is 2.13. The molecule has 2 heterocycles. The first kappa shape index (κ1) is 16.2. The molecular formula is C18H11ClN2O5. The second-order valence-corrected chi connectivity index (χ2v) is 6.10. The maximum absolute atomic E-state index is 12.7. The van der Waals surface area contributed by atoms with Crippen molar-refractivity contribution < 1.29 is 14.1 Å². The van der Waals surface area contributed by atoms with Crippen LogP contribution in [0.4, 0.5) is 0 Å². The van der Waals surface area contributed by atoms with Gasteiger partial charge in [-0.05, 0) is 23.8 Å². The monoisotopic (exact) mass is 370 g/mol. The molecule has 0 bridgehead atoms. The average molecular weight is 371 g/mol. The largest absolute Gasteiger partial charge is 0.434 e. The van der Waals surface area contributed by atoms with Crippen LogP contribution in [0.25, 0.3) is 11.0 Å². The Morgan fingerprint density at radius 2 is 1.81 bits per heavy atom. The molecule has 3 aromatic rings. The Morgan fingerprint density at radius 3 is 2.54 bits per heavy atom. The topological polar surface area (TPSA) is 109 Å².